The van der Waals surface area contributed by atoms with Gasteiger partial charge >= 0.3 is 0 Å². The van der Waals surface area contributed by atoms with Gasteiger partial charge in [0, 0.05) is 19.6 Å². The third kappa shape index (κ3) is 6.58. The number of nitrogens with one attached hydrogen (secondary N) is 2. The van der Waals surface area contributed by atoms with Gasteiger partial charge in [0.2, 0.25) is 11.8 Å². The molecule has 1 fully saturated rings. The predicted octanol–water partition coefficient (Wildman–Crippen LogP) is 2.94. The molecular formula is C30H41N3O4. The molecule has 2 amide bonds. The van der Waals surface area contributed by atoms with E-state index in [1.54, 1.807) is 20.8 Å². The highest BCUT2D eigenvalue weighted by Crippen LogP contribution is 2.46. The maximum Gasteiger partial charge on any atom is 0.247 e. The van der Waals surface area contributed by atoms with Crippen LogP contribution in [0, 0.1) is 0 Å². The zero-order valence-electron chi connectivity index (χ0n) is 22.3. The summed E-state index contributed by atoms with van der Waals surface area (Å²) in [5.41, 5.74) is 3.11. The summed E-state index contributed by atoms with van der Waals surface area (Å²) in [6.45, 7) is 7.23. The van der Waals surface area contributed by atoms with Crippen LogP contribution in [0.2, 0.25) is 0 Å². The summed E-state index contributed by atoms with van der Waals surface area (Å²) in [6.07, 6.45) is 3.52. The number of aliphatic hydroxyl groups is 1. The number of fused-ring (bicyclic) bond motifs is 2. The van der Waals surface area contributed by atoms with Crippen LogP contribution in [0.15, 0.2) is 54.6 Å². The standard InChI is InChI=1S/C30H41N3O4/c1-22(34)19-31-29(2,3)28(36)32-26(21-37-20-23-9-5-4-6-10-23)27(35)33-17-15-30(16-18-33)14-13-24-11-7-8-12-25(24)30/h4-12,22,26,31,34H,13-21H2,1-3H3,(H,32,36). The van der Waals surface area contributed by atoms with Gasteiger partial charge in [-0.15, -0.1) is 0 Å². The van der Waals surface area contributed by atoms with Gasteiger partial charge in [0.1, 0.15) is 6.04 Å². The summed E-state index contributed by atoms with van der Waals surface area (Å²) in [5.74, 6) is -0.401. The SMILES string of the molecule is CC(O)CNC(C)(C)C(=O)NC(COCc1ccccc1)C(=O)N1CCC2(CCc3ccccc32)CC1. The first-order valence-corrected chi connectivity index (χ1v) is 13.4. The van der Waals surface area contributed by atoms with E-state index in [0.717, 1.165) is 31.2 Å². The molecule has 1 saturated heterocycles. The highest BCUT2D eigenvalue weighted by molar-refractivity contribution is 5.91. The van der Waals surface area contributed by atoms with Gasteiger partial charge in [-0.05, 0) is 68.6 Å². The molecule has 200 valence electrons. The van der Waals surface area contributed by atoms with Gasteiger partial charge in [-0.3, -0.25) is 9.59 Å². The largest absolute Gasteiger partial charge is 0.392 e. The van der Waals surface area contributed by atoms with Gasteiger partial charge < -0.3 is 25.4 Å². The van der Waals surface area contributed by atoms with Crippen molar-refractivity contribution in [2.24, 2.45) is 0 Å². The van der Waals surface area contributed by atoms with Crippen molar-refractivity contribution >= 4 is 11.8 Å². The number of rotatable bonds is 10. The van der Waals surface area contributed by atoms with Gasteiger partial charge in [-0.25, -0.2) is 0 Å². The topological polar surface area (TPSA) is 90.9 Å². The van der Waals surface area contributed by atoms with Crippen molar-refractivity contribution in [3.63, 3.8) is 0 Å². The lowest BCUT2D eigenvalue weighted by Crippen LogP contribution is -2.60. The molecule has 2 aromatic carbocycles. The highest BCUT2D eigenvalue weighted by atomic mass is 16.5. The van der Waals surface area contributed by atoms with E-state index >= 15 is 0 Å². The Balaban J connectivity index is 1.41. The number of hydrogen-bond donors (Lipinski definition) is 3. The molecule has 0 bridgehead atoms. The minimum atomic E-state index is -0.950. The van der Waals surface area contributed by atoms with Crippen molar-refractivity contribution in [3.05, 3.63) is 71.3 Å². The Morgan fingerprint density at radius 2 is 1.73 bits per heavy atom. The minimum Gasteiger partial charge on any atom is -0.392 e. The molecule has 37 heavy (non-hydrogen) atoms. The van der Waals surface area contributed by atoms with Crippen LogP contribution in [-0.2, 0) is 32.8 Å². The number of carbonyl (C=O) groups is 2. The van der Waals surface area contributed by atoms with E-state index < -0.39 is 17.7 Å². The van der Waals surface area contributed by atoms with Crippen molar-refractivity contribution < 1.29 is 19.4 Å². The average molecular weight is 508 g/mol. The summed E-state index contributed by atoms with van der Waals surface area (Å²) in [7, 11) is 0. The summed E-state index contributed by atoms with van der Waals surface area (Å²) >= 11 is 0. The molecule has 4 rings (SSSR count). The third-order valence-corrected chi connectivity index (χ3v) is 7.90. The molecule has 0 saturated carbocycles. The number of ether oxygens (including phenoxy) is 1. The van der Waals surface area contributed by atoms with Crippen molar-refractivity contribution in [1.29, 1.82) is 0 Å². The van der Waals surface area contributed by atoms with Crippen LogP contribution >= 0.6 is 0 Å². The second kappa shape index (κ2) is 11.8. The third-order valence-electron chi connectivity index (χ3n) is 7.90. The number of nitrogens with zero attached hydrogens (tertiary/aromatic N) is 1. The second-order valence-electron chi connectivity index (χ2n) is 11.1. The summed E-state index contributed by atoms with van der Waals surface area (Å²) in [4.78, 5) is 28.7. The van der Waals surface area contributed by atoms with E-state index in [4.69, 9.17) is 4.74 Å². The van der Waals surface area contributed by atoms with E-state index in [-0.39, 0.29) is 30.4 Å². The molecule has 2 aromatic rings. The fraction of sp³-hybridized carbons (Fsp3) is 0.533. The number of likely N-dealkylation sites (tertiary alicyclic amines) is 1. The average Bonchev–Trinajstić information content (AvgIpc) is 3.25. The van der Waals surface area contributed by atoms with Gasteiger partial charge in [-0.2, -0.15) is 0 Å². The van der Waals surface area contributed by atoms with Gasteiger partial charge in [0.15, 0.2) is 0 Å². The molecule has 1 spiro atoms. The lowest BCUT2D eigenvalue weighted by atomic mass is 9.74. The second-order valence-corrected chi connectivity index (χ2v) is 11.1. The van der Waals surface area contributed by atoms with Crippen molar-refractivity contribution in [3.8, 4) is 0 Å². The molecule has 2 atom stereocenters. The molecule has 1 heterocycles. The predicted molar refractivity (Wildman–Crippen MR) is 144 cm³/mol. The molecule has 2 unspecified atom stereocenters. The van der Waals surface area contributed by atoms with Crippen LogP contribution in [0.25, 0.3) is 0 Å². The summed E-state index contributed by atoms with van der Waals surface area (Å²) < 4.78 is 5.92. The highest BCUT2D eigenvalue weighted by Gasteiger charge is 2.43. The summed E-state index contributed by atoms with van der Waals surface area (Å²) in [6, 6.07) is 17.7. The van der Waals surface area contributed by atoms with E-state index in [9.17, 15) is 14.7 Å². The van der Waals surface area contributed by atoms with Crippen LogP contribution in [0.5, 0.6) is 0 Å². The molecule has 7 nitrogen and oxygen atoms in total. The summed E-state index contributed by atoms with van der Waals surface area (Å²) in [5, 5.41) is 15.7. The van der Waals surface area contributed by atoms with Gasteiger partial charge in [0.05, 0.1) is 24.9 Å². The van der Waals surface area contributed by atoms with Crippen molar-refractivity contribution in [2.45, 2.75) is 76.2 Å². The van der Waals surface area contributed by atoms with Crippen molar-refractivity contribution in [2.75, 3.05) is 26.2 Å². The lowest BCUT2D eigenvalue weighted by molar-refractivity contribution is -0.141. The van der Waals surface area contributed by atoms with E-state index in [1.165, 1.54) is 11.1 Å². The first kappa shape index (κ1) is 27.3. The maximum atomic E-state index is 13.7. The van der Waals surface area contributed by atoms with Gasteiger partial charge in [0.25, 0.3) is 0 Å². The molecule has 0 radical (unpaired) electrons. The van der Waals surface area contributed by atoms with Gasteiger partial charge in [-0.1, -0.05) is 54.6 Å². The Kier molecular flexibility index (Phi) is 8.67. The number of piperidine rings is 1. The molecular weight excluding hydrogens is 466 g/mol. The fourth-order valence-electron chi connectivity index (χ4n) is 5.52. The maximum absolute atomic E-state index is 13.7. The first-order valence-electron chi connectivity index (χ1n) is 13.4. The Bertz CT molecular complexity index is 1060. The zero-order chi connectivity index (χ0) is 26.5. The molecule has 1 aliphatic heterocycles. The Hall–Kier alpha value is -2.74. The van der Waals surface area contributed by atoms with Crippen LogP contribution in [0.4, 0.5) is 0 Å². The molecule has 0 aromatic heterocycles. The Morgan fingerprint density at radius 3 is 2.43 bits per heavy atom. The number of β-amino-alcohol motifs (C(OH)–C–C–N with tert-alkyl or cyclic N) is 1. The van der Waals surface area contributed by atoms with Crippen LogP contribution in [0.3, 0.4) is 0 Å². The fourth-order valence-corrected chi connectivity index (χ4v) is 5.52. The van der Waals surface area contributed by atoms with E-state index in [2.05, 4.69) is 34.9 Å². The minimum absolute atomic E-state index is 0.0937. The smallest absolute Gasteiger partial charge is 0.247 e. The van der Waals surface area contributed by atoms with Crippen molar-refractivity contribution in [1.82, 2.24) is 15.5 Å². The first-order chi connectivity index (χ1) is 17.7. The van der Waals surface area contributed by atoms with Crippen LogP contribution in [0.1, 0.15) is 56.7 Å². The lowest BCUT2D eigenvalue weighted by Gasteiger charge is -2.41. The number of carbonyl (C=O) groups excluding carboxylic acids is 2. The number of amides is 2. The van der Waals surface area contributed by atoms with Crippen LogP contribution in [-0.4, -0.2) is 65.7 Å². The number of benzene rings is 2. The molecule has 7 heteroatoms. The van der Waals surface area contributed by atoms with E-state index in [0.29, 0.717) is 19.7 Å². The molecule has 3 N–H and O–H groups in total. The monoisotopic (exact) mass is 507 g/mol. The number of aliphatic hydroxyl groups excluding tert-OH is 1. The molecule has 2 aliphatic rings. The number of hydrogen-bond acceptors (Lipinski definition) is 5. The normalized spacial score (nSPS) is 18.3. The zero-order valence-corrected chi connectivity index (χ0v) is 22.3. The molecule has 1 aliphatic carbocycles. The quantitative estimate of drug-likeness (QED) is 0.460. The van der Waals surface area contributed by atoms with Crippen LogP contribution < -0.4 is 10.6 Å². The number of aryl methyl sites for hydroxylation is 1. The van der Waals surface area contributed by atoms with E-state index in [1.807, 2.05) is 35.2 Å². The Labute approximate surface area is 220 Å². The Morgan fingerprint density at radius 1 is 1.05 bits per heavy atom.